The van der Waals surface area contributed by atoms with Gasteiger partial charge in [0, 0.05) is 23.7 Å². The van der Waals surface area contributed by atoms with Crippen LogP contribution in [-0.2, 0) is 4.79 Å². The van der Waals surface area contributed by atoms with Crippen LogP contribution in [0, 0.1) is 24.2 Å². The molecular formula is C19H14N4O3. The van der Waals surface area contributed by atoms with Crippen molar-refractivity contribution in [2.45, 2.75) is 6.92 Å². The Kier molecular flexibility index (Phi) is 4.85. The standard InChI is InChI=1S/C19H14N4O3/c1-12-21-18(23-26-12)14-7-5-6-13(10-14)17(24)16(11-20)19(25)22-15-8-3-2-4-9-15/h2-10,16H,1H3,(H,22,25)/t16-/m1/s1. The van der Waals surface area contributed by atoms with Crippen LogP contribution in [0.2, 0.25) is 0 Å². The van der Waals surface area contributed by atoms with Crippen LogP contribution in [0.3, 0.4) is 0 Å². The van der Waals surface area contributed by atoms with Crippen molar-refractivity contribution in [3.8, 4) is 17.5 Å². The minimum atomic E-state index is -1.46. The van der Waals surface area contributed by atoms with E-state index in [2.05, 4.69) is 15.5 Å². The van der Waals surface area contributed by atoms with Gasteiger partial charge in [-0.2, -0.15) is 10.2 Å². The highest BCUT2D eigenvalue weighted by molar-refractivity contribution is 6.15. The van der Waals surface area contributed by atoms with E-state index >= 15 is 0 Å². The zero-order valence-corrected chi connectivity index (χ0v) is 13.8. The maximum absolute atomic E-state index is 12.6. The van der Waals surface area contributed by atoms with Crippen molar-refractivity contribution in [3.05, 3.63) is 66.1 Å². The van der Waals surface area contributed by atoms with Gasteiger partial charge >= 0.3 is 0 Å². The van der Waals surface area contributed by atoms with Crippen molar-refractivity contribution in [3.63, 3.8) is 0 Å². The van der Waals surface area contributed by atoms with Gasteiger partial charge in [0.15, 0.2) is 11.7 Å². The third kappa shape index (κ3) is 3.65. The highest BCUT2D eigenvalue weighted by Crippen LogP contribution is 2.20. The molecule has 0 aliphatic heterocycles. The van der Waals surface area contributed by atoms with E-state index in [-0.39, 0.29) is 5.56 Å². The summed E-state index contributed by atoms with van der Waals surface area (Å²) in [6, 6.07) is 16.8. The predicted molar refractivity (Wildman–Crippen MR) is 93.0 cm³/mol. The van der Waals surface area contributed by atoms with Crippen molar-refractivity contribution >= 4 is 17.4 Å². The number of anilines is 1. The van der Waals surface area contributed by atoms with Gasteiger partial charge in [-0.15, -0.1) is 0 Å². The number of nitrogens with zero attached hydrogens (tertiary/aromatic N) is 3. The number of hydrogen-bond donors (Lipinski definition) is 1. The van der Waals surface area contributed by atoms with Gasteiger partial charge in [0.25, 0.3) is 0 Å². The van der Waals surface area contributed by atoms with E-state index in [0.29, 0.717) is 23.0 Å². The van der Waals surface area contributed by atoms with Crippen LogP contribution in [-0.4, -0.2) is 21.8 Å². The van der Waals surface area contributed by atoms with Crippen LogP contribution in [0.5, 0.6) is 0 Å². The smallest absolute Gasteiger partial charge is 0.249 e. The molecule has 0 aliphatic carbocycles. The third-order valence-electron chi connectivity index (χ3n) is 3.63. The number of nitriles is 1. The molecule has 128 valence electrons. The van der Waals surface area contributed by atoms with Crippen LogP contribution in [0.25, 0.3) is 11.4 Å². The molecule has 7 heteroatoms. The maximum atomic E-state index is 12.6. The normalized spacial score (nSPS) is 11.4. The number of para-hydroxylation sites is 1. The summed E-state index contributed by atoms with van der Waals surface area (Å²) < 4.78 is 4.93. The van der Waals surface area contributed by atoms with Gasteiger partial charge in [-0.05, 0) is 18.2 Å². The Bertz CT molecular complexity index is 989. The number of ketones is 1. The second kappa shape index (κ2) is 7.40. The van der Waals surface area contributed by atoms with E-state index in [1.54, 1.807) is 61.5 Å². The predicted octanol–water partition coefficient (Wildman–Crippen LogP) is 3.01. The molecule has 0 radical (unpaired) electrons. The fraction of sp³-hybridized carbons (Fsp3) is 0.105. The number of aryl methyl sites for hydroxylation is 1. The fourth-order valence-corrected chi connectivity index (χ4v) is 2.37. The van der Waals surface area contributed by atoms with Gasteiger partial charge < -0.3 is 9.84 Å². The molecule has 1 N–H and O–H groups in total. The summed E-state index contributed by atoms with van der Waals surface area (Å²) in [6.07, 6.45) is 0. The molecule has 1 aromatic heterocycles. The van der Waals surface area contributed by atoms with Crippen molar-refractivity contribution in [2.75, 3.05) is 5.32 Å². The molecular weight excluding hydrogens is 332 g/mol. The second-order valence-corrected chi connectivity index (χ2v) is 5.50. The van der Waals surface area contributed by atoms with E-state index in [1.165, 1.54) is 6.07 Å². The quantitative estimate of drug-likeness (QED) is 0.562. The maximum Gasteiger partial charge on any atom is 0.249 e. The second-order valence-electron chi connectivity index (χ2n) is 5.50. The molecule has 0 unspecified atom stereocenters. The van der Waals surface area contributed by atoms with E-state index in [9.17, 15) is 14.9 Å². The average Bonchev–Trinajstić information content (AvgIpc) is 3.09. The SMILES string of the molecule is Cc1nc(-c2cccc(C(=O)[C@@H](C#N)C(=O)Nc3ccccc3)c2)no1. The highest BCUT2D eigenvalue weighted by atomic mass is 16.5. The van der Waals surface area contributed by atoms with Gasteiger partial charge in [0.2, 0.25) is 17.6 Å². The van der Waals surface area contributed by atoms with E-state index < -0.39 is 17.6 Å². The molecule has 0 aliphatic rings. The van der Waals surface area contributed by atoms with Gasteiger partial charge in [0.05, 0.1) is 6.07 Å². The summed E-state index contributed by atoms with van der Waals surface area (Å²) >= 11 is 0. The summed E-state index contributed by atoms with van der Waals surface area (Å²) in [4.78, 5) is 29.1. The molecule has 26 heavy (non-hydrogen) atoms. The van der Waals surface area contributed by atoms with Crippen molar-refractivity contribution in [2.24, 2.45) is 5.92 Å². The van der Waals surface area contributed by atoms with Crippen LogP contribution in [0.1, 0.15) is 16.2 Å². The molecule has 1 amide bonds. The van der Waals surface area contributed by atoms with Gasteiger partial charge in [-0.3, -0.25) is 9.59 Å². The summed E-state index contributed by atoms with van der Waals surface area (Å²) in [5, 5.41) is 15.7. The fourth-order valence-electron chi connectivity index (χ4n) is 2.37. The molecule has 1 heterocycles. The highest BCUT2D eigenvalue weighted by Gasteiger charge is 2.28. The number of rotatable bonds is 5. The topological polar surface area (TPSA) is 109 Å². The van der Waals surface area contributed by atoms with Crippen LogP contribution >= 0.6 is 0 Å². The molecule has 3 rings (SSSR count). The molecule has 0 bridgehead atoms. The average molecular weight is 346 g/mol. The number of aromatic nitrogens is 2. The molecule has 0 spiro atoms. The number of carbonyl (C=O) groups is 2. The lowest BCUT2D eigenvalue weighted by molar-refractivity contribution is -0.117. The van der Waals surface area contributed by atoms with Crippen molar-refractivity contribution < 1.29 is 14.1 Å². The minimum absolute atomic E-state index is 0.222. The van der Waals surface area contributed by atoms with Gasteiger partial charge in [0.1, 0.15) is 0 Å². The van der Waals surface area contributed by atoms with Gasteiger partial charge in [-0.25, -0.2) is 0 Å². The summed E-state index contributed by atoms with van der Waals surface area (Å²) in [5.41, 5.74) is 1.30. The molecule has 2 aromatic carbocycles. The first-order valence-corrected chi connectivity index (χ1v) is 7.79. The molecule has 1 atom stereocenters. The zero-order valence-electron chi connectivity index (χ0n) is 13.8. The molecule has 0 fully saturated rings. The zero-order chi connectivity index (χ0) is 18.5. The van der Waals surface area contributed by atoms with Crippen LogP contribution in [0.4, 0.5) is 5.69 Å². The Hall–Kier alpha value is -3.79. The van der Waals surface area contributed by atoms with E-state index in [1.807, 2.05) is 0 Å². The summed E-state index contributed by atoms with van der Waals surface area (Å²) in [6.45, 7) is 1.66. The molecule has 0 saturated heterocycles. The van der Waals surface area contributed by atoms with E-state index in [0.717, 1.165) is 0 Å². The lowest BCUT2D eigenvalue weighted by Gasteiger charge is -2.10. The Balaban J connectivity index is 1.83. The summed E-state index contributed by atoms with van der Waals surface area (Å²) in [5.74, 6) is -2.00. The number of carbonyl (C=O) groups excluding carboxylic acids is 2. The minimum Gasteiger partial charge on any atom is -0.339 e. The number of benzene rings is 2. The monoisotopic (exact) mass is 346 g/mol. The first kappa shape index (κ1) is 17.0. The first-order valence-electron chi connectivity index (χ1n) is 7.79. The van der Waals surface area contributed by atoms with Crippen molar-refractivity contribution in [1.82, 2.24) is 10.1 Å². The number of nitrogens with one attached hydrogen (secondary N) is 1. The Labute approximate surface area is 149 Å². The Morgan fingerprint density at radius 2 is 1.92 bits per heavy atom. The van der Waals surface area contributed by atoms with Crippen molar-refractivity contribution in [1.29, 1.82) is 5.26 Å². The number of amides is 1. The van der Waals surface area contributed by atoms with Gasteiger partial charge in [-0.1, -0.05) is 41.6 Å². The molecule has 0 saturated carbocycles. The van der Waals surface area contributed by atoms with Crippen LogP contribution < -0.4 is 5.32 Å². The largest absolute Gasteiger partial charge is 0.339 e. The summed E-state index contributed by atoms with van der Waals surface area (Å²) in [7, 11) is 0. The number of hydrogen-bond acceptors (Lipinski definition) is 6. The third-order valence-corrected chi connectivity index (χ3v) is 3.63. The molecule has 3 aromatic rings. The molecule has 7 nitrogen and oxygen atoms in total. The Morgan fingerprint density at radius 1 is 1.15 bits per heavy atom. The number of Topliss-reactive ketones (excluding diaryl/α,β-unsaturated/α-hetero) is 1. The Morgan fingerprint density at radius 3 is 2.58 bits per heavy atom. The van der Waals surface area contributed by atoms with E-state index in [4.69, 9.17) is 4.52 Å². The first-order chi connectivity index (χ1) is 12.6. The lowest BCUT2D eigenvalue weighted by Crippen LogP contribution is -2.28. The van der Waals surface area contributed by atoms with Crippen LogP contribution in [0.15, 0.2) is 59.1 Å². The lowest BCUT2D eigenvalue weighted by atomic mass is 9.96.